The fourth-order valence-electron chi connectivity index (χ4n) is 2.59. The van der Waals surface area contributed by atoms with E-state index >= 15 is 0 Å². The Morgan fingerprint density at radius 1 is 1.23 bits per heavy atom. The number of anilines is 1. The average molecular weight is 432 g/mol. The number of rotatable bonds is 13. The third kappa shape index (κ3) is 8.33. The van der Waals surface area contributed by atoms with Crippen LogP contribution in [-0.2, 0) is 4.79 Å². The maximum absolute atomic E-state index is 11.9. The van der Waals surface area contributed by atoms with E-state index in [1.807, 2.05) is 11.1 Å². The number of hydrogen-bond donors (Lipinski definition) is 4. The van der Waals surface area contributed by atoms with Crippen LogP contribution in [0.4, 0.5) is 5.82 Å². The Labute approximate surface area is 179 Å². The minimum Gasteiger partial charge on any atom is -0.493 e. The van der Waals surface area contributed by atoms with Crippen molar-refractivity contribution in [1.82, 2.24) is 20.6 Å². The van der Waals surface area contributed by atoms with E-state index in [-0.39, 0.29) is 24.7 Å². The van der Waals surface area contributed by atoms with Crippen LogP contribution in [0.1, 0.15) is 44.6 Å². The molecule has 0 bridgehead atoms. The molecule has 168 valence electrons. The molecule has 1 aromatic carbocycles. The number of nitrogens with one attached hydrogen (secondary N) is 4. The molecule has 0 saturated carbocycles. The maximum atomic E-state index is 11.9. The lowest BCUT2D eigenvalue weighted by molar-refractivity contribution is -0.120. The van der Waals surface area contributed by atoms with Crippen LogP contribution in [0.3, 0.4) is 0 Å². The minimum atomic E-state index is -0.703. The van der Waals surface area contributed by atoms with Crippen molar-refractivity contribution in [3.8, 4) is 11.5 Å². The molecule has 0 aliphatic carbocycles. The lowest BCUT2D eigenvalue weighted by atomic mass is 10.2. The monoisotopic (exact) mass is 432 g/mol. The van der Waals surface area contributed by atoms with Crippen LogP contribution in [0.25, 0.3) is 0 Å². The second-order valence-corrected chi connectivity index (χ2v) is 6.64. The molecule has 0 atom stereocenters. The highest BCUT2D eigenvalue weighted by atomic mass is 16.5. The normalized spacial score (nSPS) is 10.8. The quantitative estimate of drug-likeness (QED) is 0.212. The fourth-order valence-corrected chi connectivity index (χ4v) is 2.59. The molecule has 11 heteroatoms. The average Bonchev–Trinajstić information content (AvgIpc) is 2.75. The van der Waals surface area contributed by atoms with Crippen molar-refractivity contribution >= 4 is 17.9 Å². The molecule has 0 fully saturated rings. The lowest BCUT2D eigenvalue weighted by Gasteiger charge is -2.11. The molecule has 0 saturated heterocycles. The standard InChI is InChI=1S/C20H28N6O5/c1-3-4-5-6-11-31-15-8-7-14(12-16(15)30-2)13-22-24-17(27)9-10-21-18-19(28)23-20(29)26-25-18/h7-8,12-13H,3-6,9-11H2,1-2H3,(H,21,25)(H,24,27)(H2,23,26,28,29)/b22-13+. The lowest BCUT2D eigenvalue weighted by Crippen LogP contribution is -2.28. The number of methoxy groups -OCH3 is 1. The van der Waals surface area contributed by atoms with E-state index in [1.54, 1.807) is 19.2 Å². The van der Waals surface area contributed by atoms with E-state index in [9.17, 15) is 14.4 Å². The van der Waals surface area contributed by atoms with Crippen molar-refractivity contribution in [2.45, 2.75) is 39.0 Å². The van der Waals surface area contributed by atoms with Gasteiger partial charge in [0.15, 0.2) is 11.5 Å². The summed E-state index contributed by atoms with van der Waals surface area (Å²) in [4.78, 5) is 36.3. The molecule has 2 rings (SSSR count). The predicted molar refractivity (Wildman–Crippen MR) is 117 cm³/mol. The number of aromatic nitrogens is 3. The molecule has 1 amide bonds. The number of carbonyl (C=O) groups is 1. The van der Waals surface area contributed by atoms with Crippen LogP contribution >= 0.6 is 0 Å². The first kappa shape index (κ1) is 23.6. The second-order valence-electron chi connectivity index (χ2n) is 6.64. The van der Waals surface area contributed by atoms with Gasteiger partial charge in [-0.3, -0.25) is 14.6 Å². The van der Waals surface area contributed by atoms with Crippen molar-refractivity contribution in [2.75, 3.05) is 25.6 Å². The van der Waals surface area contributed by atoms with Crippen molar-refractivity contribution in [3.63, 3.8) is 0 Å². The van der Waals surface area contributed by atoms with Crippen LogP contribution in [0.2, 0.25) is 0 Å². The minimum absolute atomic E-state index is 0.0473. The van der Waals surface area contributed by atoms with Gasteiger partial charge in [-0.1, -0.05) is 26.2 Å². The molecule has 4 N–H and O–H groups in total. The van der Waals surface area contributed by atoms with E-state index in [0.29, 0.717) is 18.1 Å². The Hall–Kier alpha value is -3.63. The van der Waals surface area contributed by atoms with Gasteiger partial charge in [-0.25, -0.2) is 15.3 Å². The van der Waals surface area contributed by atoms with E-state index in [1.165, 1.54) is 19.1 Å². The van der Waals surface area contributed by atoms with Crippen LogP contribution < -0.4 is 31.5 Å². The van der Waals surface area contributed by atoms with Gasteiger partial charge in [0.05, 0.1) is 19.9 Å². The van der Waals surface area contributed by atoms with Gasteiger partial charge in [0.25, 0.3) is 5.56 Å². The van der Waals surface area contributed by atoms with Crippen molar-refractivity contribution in [2.24, 2.45) is 5.10 Å². The van der Waals surface area contributed by atoms with Gasteiger partial charge in [-0.2, -0.15) is 5.10 Å². The smallest absolute Gasteiger partial charge is 0.342 e. The first-order valence-electron chi connectivity index (χ1n) is 10.1. The van der Waals surface area contributed by atoms with Gasteiger partial charge in [0.1, 0.15) is 0 Å². The van der Waals surface area contributed by atoms with Crippen LogP contribution in [0, 0.1) is 0 Å². The highest BCUT2D eigenvalue weighted by Crippen LogP contribution is 2.27. The number of H-pyrrole nitrogens is 2. The highest BCUT2D eigenvalue weighted by molar-refractivity contribution is 5.83. The number of ether oxygens (including phenoxy) is 2. The van der Waals surface area contributed by atoms with Crippen LogP contribution in [0.15, 0.2) is 32.9 Å². The van der Waals surface area contributed by atoms with Crippen LogP contribution in [0.5, 0.6) is 11.5 Å². The molecule has 11 nitrogen and oxygen atoms in total. The molecule has 0 unspecified atom stereocenters. The molecule has 31 heavy (non-hydrogen) atoms. The first-order chi connectivity index (χ1) is 15.0. The maximum Gasteiger partial charge on any atom is 0.342 e. The molecule has 1 aromatic heterocycles. The van der Waals surface area contributed by atoms with E-state index < -0.39 is 11.2 Å². The number of amides is 1. The van der Waals surface area contributed by atoms with Crippen molar-refractivity contribution < 1.29 is 14.3 Å². The van der Waals surface area contributed by atoms with E-state index in [0.717, 1.165) is 18.4 Å². The molecule has 0 aliphatic heterocycles. The van der Waals surface area contributed by atoms with E-state index in [4.69, 9.17) is 9.47 Å². The number of aromatic amines is 2. The summed E-state index contributed by atoms with van der Waals surface area (Å²) >= 11 is 0. The zero-order chi connectivity index (χ0) is 22.5. The number of carbonyl (C=O) groups excluding carboxylic acids is 1. The third-order valence-corrected chi connectivity index (χ3v) is 4.20. The Kier molecular flexibility index (Phi) is 9.79. The summed E-state index contributed by atoms with van der Waals surface area (Å²) in [6.07, 6.45) is 6.04. The summed E-state index contributed by atoms with van der Waals surface area (Å²) in [6.45, 7) is 2.94. The van der Waals surface area contributed by atoms with Gasteiger partial charge in [-0.05, 0) is 30.2 Å². The zero-order valence-corrected chi connectivity index (χ0v) is 17.7. The molecule has 0 aliphatic rings. The molecule has 2 aromatic rings. The number of hydrogen-bond acceptors (Lipinski definition) is 8. The largest absolute Gasteiger partial charge is 0.493 e. The summed E-state index contributed by atoms with van der Waals surface area (Å²) in [5, 5.41) is 12.2. The molecule has 1 heterocycles. The van der Waals surface area contributed by atoms with Gasteiger partial charge < -0.3 is 14.8 Å². The highest BCUT2D eigenvalue weighted by Gasteiger charge is 2.06. The van der Waals surface area contributed by atoms with Gasteiger partial charge in [0, 0.05) is 13.0 Å². The van der Waals surface area contributed by atoms with Gasteiger partial charge in [-0.15, -0.1) is 5.10 Å². The topological polar surface area (TPSA) is 151 Å². The fraction of sp³-hybridized carbons (Fsp3) is 0.450. The Morgan fingerprint density at radius 2 is 2.06 bits per heavy atom. The van der Waals surface area contributed by atoms with Gasteiger partial charge in [0.2, 0.25) is 11.7 Å². The number of unbranched alkanes of at least 4 members (excludes halogenated alkanes) is 3. The number of nitrogens with zero attached hydrogens (tertiary/aromatic N) is 2. The summed E-state index contributed by atoms with van der Waals surface area (Å²) < 4.78 is 11.1. The first-order valence-corrected chi connectivity index (χ1v) is 10.1. The Bertz CT molecular complexity index is 985. The van der Waals surface area contributed by atoms with E-state index in [2.05, 4.69) is 33.0 Å². The summed E-state index contributed by atoms with van der Waals surface area (Å²) in [5.41, 5.74) is 1.77. The Morgan fingerprint density at radius 3 is 2.81 bits per heavy atom. The second kappa shape index (κ2) is 12.8. The van der Waals surface area contributed by atoms with Crippen LogP contribution in [-0.4, -0.2) is 47.6 Å². The summed E-state index contributed by atoms with van der Waals surface area (Å²) in [5.74, 6) is 0.824. The Balaban J connectivity index is 1.78. The summed E-state index contributed by atoms with van der Waals surface area (Å²) in [6, 6.07) is 5.39. The number of benzene rings is 1. The molecular formula is C20H28N6O5. The summed E-state index contributed by atoms with van der Waals surface area (Å²) in [7, 11) is 1.57. The van der Waals surface area contributed by atoms with Crippen molar-refractivity contribution in [1.29, 1.82) is 0 Å². The zero-order valence-electron chi connectivity index (χ0n) is 17.7. The third-order valence-electron chi connectivity index (χ3n) is 4.20. The molecular weight excluding hydrogens is 404 g/mol. The van der Waals surface area contributed by atoms with Crippen molar-refractivity contribution in [3.05, 3.63) is 44.6 Å². The molecule has 0 spiro atoms. The predicted octanol–water partition coefficient (Wildman–Crippen LogP) is 1.38. The molecule has 0 radical (unpaired) electrons. The van der Waals surface area contributed by atoms with Gasteiger partial charge >= 0.3 is 5.69 Å². The number of hydrazone groups is 1. The SMILES string of the molecule is CCCCCCOc1ccc(/C=N/NC(=O)CCNc2n[nH]c(=O)[nH]c2=O)cc1OC.